The lowest BCUT2D eigenvalue weighted by Crippen LogP contribution is -2.49. The molecule has 1 unspecified atom stereocenters. The van der Waals surface area contributed by atoms with Crippen LogP contribution in [0.4, 0.5) is 8.78 Å². The van der Waals surface area contributed by atoms with Gasteiger partial charge in [-0.15, -0.1) is 0 Å². The smallest absolute Gasteiger partial charge is 0.387 e. The summed E-state index contributed by atoms with van der Waals surface area (Å²) in [5, 5.41) is 0.605. The number of hydrogen-bond acceptors (Lipinski definition) is 7. The van der Waals surface area contributed by atoms with Gasteiger partial charge in [0.2, 0.25) is 10.0 Å². The third-order valence-corrected chi connectivity index (χ3v) is 8.67. The zero-order valence-corrected chi connectivity index (χ0v) is 23.3. The molecule has 8 nitrogen and oxygen atoms in total. The zero-order valence-electron chi connectivity index (χ0n) is 21.7. The predicted molar refractivity (Wildman–Crippen MR) is 145 cm³/mol. The Morgan fingerprint density at radius 2 is 1.55 bits per heavy atom. The molecular formula is C28H29ClF2N2O6S. The van der Waals surface area contributed by atoms with E-state index in [-0.39, 0.29) is 29.8 Å². The maximum absolute atomic E-state index is 13.1. The van der Waals surface area contributed by atoms with Crippen molar-refractivity contribution in [2.24, 2.45) is 0 Å². The molecule has 1 fully saturated rings. The summed E-state index contributed by atoms with van der Waals surface area (Å²) in [7, 11) is -2.46. The number of hydrogen-bond donors (Lipinski definition) is 0. The number of methoxy groups -OCH3 is 1. The number of rotatable bonds is 11. The Kier molecular flexibility index (Phi) is 10.1. The highest BCUT2D eigenvalue weighted by atomic mass is 35.5. The molecule has 1 aliphatic heterocycles. The largest absolute Gasteiger partial charge is 0.465 e. The average Bonchev–Trinajstić information content (AvgIpc) is 2.96. The number of carbonyl (C=O) groups is 1. The van der Waals surface area contributed by atoms with Crippen LogP contribution in [0.3, 0.4) is 0 Å². The minimum Gasteiger partial charge on any atom is -0.465 e. The third kappa shape index (κ3) is 7.76. The Morgan fingerprint density at radius 3 is 2.12 bits per heavy atom. The van der Waals surface area contributed by atoms with Crippen molar-refractivity contribution >= 4 is 27.6 Å². The van der Waals surface area contributed by atoms with E-state index < -0.39 is 22.6 Å². The molecule has 40 heavy (non-hydrogen) atoms. The van der Waals surface area contributed by atoms with Crippen LogP contribution in [-0.2, 0) is 26.1 Å². The number of piperazine rings is 1. The molecule has 1 aliphatic rings. The standard InChI is InChI=1S/C28H29ClF2N2O6S/c1-37-27(34)22-4-2-20(3-5-22)19-38-26(21-6-8-23(29)9-7-21)18-32-14-16-33(17-15-32)40(35,36)25-12-10-24(11-13-25)39-28(30)31/h2-13,26,28H,14-19H2,1H3. The fraction of sp³-hybridized carbons (Fsp3) is 0.321. The highest BCUT2D eigenvalue weighted by Crippen LogP contribution is 2.25. The molecule has 1 heterocycles. The van der Waals surface area contributed by atoms with Gasteiger partial charge in [-0.05, 0) is 59.7 Å². The second kappa shape index (κ2) is 13.5. The first-order chi connectivity index (χ1) is 19.2. The molecule has 0 spiro atoms. The van der Waals surface area contributed by atoms with Crippen molar-refractivity contribution in [3.05, 3.63) is 94.5 Å². The average molecular weight is 595 g/mol. The van der Waals surface area contributed by atoms with E-state index in [0.717, 1.165) is 11.1 Å². The molecule has 1 saturated heterocycles. The number of ether oxygens (including phenoxy) is 3. The molecular weight excluding hydrogens is 566 g/mol. The first kappa shape index (κ1) is 29.9. The van der Waals surface area contributed by atoms with Gasteiger partial charge in [-0.3, -0.25) is 4.90 Å². The lowest BCUT2D eigenvalue weighted by molar-refractivity contribution is -0.0498. The topological polar surface area (TPSA) is 85.4 Å². The van der Waals surface area contributed by atoms with Crippen LogP contribution in [0.1, 0.15) is 27.6 Å². The molecule has 0 amide bonds. The maximum atomic E-state index is 13.1. The van der Waals surface area contributed by atoms with Crippen LogP contribution >= 0.6 is 11.6 Å². The quantitative estimate of drug-likeness (QED) is 0.289. The zero-order chi connectivity index (χ0) is 28.7. The van der Waals surface area contributed by atoms with Crippen LogP contribution in [0.5, 0.6) is 5.75 Å². The van der Waals surface area contributed by atoms with E-state index in [0.29, 0.717) is 36.8 Å². The van der Waals surface area contributed by atoms with Gasteiger partial charge in [-0.25, -0.2) is 13.2 Å². The molecule has 0 N–H and O–H groups in total. The molecule has 0 radical (unpaired) electrons. The van der Waals surface area contributed by atoms with E-state index in [4.69, 9.17) is 21.1 Å². The fourth-order valence-corrected chi connectivity index (χ4v) is 5.86. The SMILES string of the molecule is COC(=O)c1ccc(COC(CN2CCN(S(=O)(=O)c3ccc(OC(F)F)cc3)CC2)c2ccc(Cl)cc2)cc1. The summed E-state index contributed by atoms with van der Waals surface area (Å²) in [6.45, 7) is -0.674. The van der Waals surface area contributed by atoms with E-state index in [1.54, 1.807) is 36.4 Å². The summed E-state index contributed by atoms with van der Waals surface area (Å²) in [5.74, 6) is -0.517. The molecule has 4 rings (SSSR count). The van der Waals surface area contributed by atoms with Crippen molar-refractivity contribution in [1.29, 1.82) is 0 Å². The van der Waals surface area contributed by atoms with E-state index in [9.17, 15) is 22.0 Å². The second-order valence-electron chi connectivity index (χ2n) is 9.09. The number of nitrogens with zero attached hydrogens (tertiary/aromatic N) is 2. The van der Waals surface area contributed by atoms with Crippen molar-refractivity contribution in [3.8, 4) is 5.75 Å². The van der Waals surface area contributed by atoms with Gasteiger partial charge in [-0.1, -0.05) is 35.9 Å². The van der Waals surface area contributed by atoms with Gasteiger partial charge in [0.1, 0.15) is 5.75 Å². The molecule has 1 atom stereocenters. The predicted octanol–water partition coefficient (Wildman–Crippen LogP) is 4.99. The molecule has 3 aromatic carbocycles. The lowest BCUT2D eigenvalue weighted by atomic mass is 10.1. The van der Waals surface area contributed by atoms with Crippen molar-refractivity contribution in [2.75, 3.05) is 39.8 Å². The summed E-state index contributed by atoms with van der Waals surface area (Å²) in [6, 6.07) is 19.3. The van der Waals surface area contributed by atoms with Crippen molar-refractivity contribution in [1.82, 2.24) is 9.21 Å². The van der Waals surface area contributed by atoms with Crippen LogP contribution in [0.2, 0.25) is 5.02 Å². The van der Waals surface area contributed by atoms with Gasteiger partial charge in [0.25, 0.3) is 0 Å². The molecule has 12 heteroatoms. The third-order valence-electron chi connectivity index (χ3n) is 6.51. The molecule has 0 aliphatic carbocycles. The fourth-order valence-electron chi connectivity index (χ4n) is 4.31. The number of sulfonamides is 1. The van der Waals surface area contributed by atoms with Gasteiger partial charge in [0, 0.05) is 37.7 Å². The number of halogens is 3. The van der Waals surface area contributed by atoms with Crippen LogP contribution in [-0.4, -0.2) is 70.0 Å². The number of benzene rings is 3. The van der Waals surface area contributed by atoms with Crippen molar-refractivity contribution < 1.29 is 36.2 Å². The number of carbonyl (C=O) groups excluding carboxylic acids is 1. The van der Waals surface area contributed by atoms with E-state index in [1.165, 1.54) is 35.7 Å². The Bertz CT molecular complexity index is 1370. The number of alkyl halides is 2. The molecule has 0 saturated carbocycles. The van der Waals surface area contributed by atoms with Gasteiger partial charge in [-0.2, -0.15) is 13.1 Å². The molecule has 3 aromatic rings. The second-order valence-corrected chi connectivity index (χ2v) is 11.5. The summed E-state index contributed by atoms with van der Waals surface area (Å²) in [6.07, 6.45) is -0.317. The lowest BCUT2D eigenvalue weighted by Gasteiger charge is -2.36. The van der Waals surface area contributed by atoms with Crippen LogP contribution < -0.4 is 4.74 Å². The summed E-state index contributed by atoms with van der Waals surface area (Å²) in [5.41, 5.74) is 2.26. The highest BCUT2D eigenvalue weighted by molar-refractivity contribution is 7.89. The van der Waals surface area contributed by atoms with Crippen molar-refractivity contribution in [3.63, 3.8) is 0 Å². The molecule has 214 valence electrons. The Hall–Kier alpha value is -3.09. The highest BCUT2D eigenvalue weighted by Gasteiger charge is 2.30. The minimum atomic E-state index is -3.79. The summed E-state index contributed by atoms with van der Waals surface area (Å²) >= 11 is 6.08. The Balaban J connectivity index is 1.38. The first-order valence-corrected chi connectivity index (χ1v) is 14.3. The summed E-state index contributed by atoms with van der Waals surface area (Å²) < 4.78 is 67.7. The molecule has 0 aromatic heterocycles. The number of esters is 1. The Labute approximate surface area is 237 Å². The van der Waals surface area contributed by atoms with Gasteiger partial charge in [0.05, 0.1) is 30.3 Å². The summed E-state index contributed by atoms with van der Waals surface area (Å²) in [4.78, 5) is 13.8. The monoisotopic (exact) mass is 594 g/mol. The Morgan fingerprint density at radius 1 is 0.925 bits per heavy atom. The van der Waals surface area contributed by atoms with Gasteiger partial charge >= 0.3 is 12.6 Å². The van der Waals surface area contributed by atoms with E-state index >= 15 is 0 Å². The maximum Gasteiger partial charge on any atom is 0.387 e. The van der Waals surface area contributed by atoms with E-state index in [1.807, 2.05) is 12.1 Å². The van der Waals surface area contributed by atoms with Gasteiger partial charge in [0.15, 0.2) is 0 Å². The van der Waals surface area contributed by atoms with Crippen LogP contribution in [0.15, 0.2) is 77.7 Å². The first-order valence-electron chi connectivity index (χ1n) is 12.5. The van der Waals surface area contributed by atoms with Crippen molar-refractivity contribution in [2.45, 2.75) is 24.2 Å². The molecule has 0 bridgehead atoms. The normalized spacial score (nSPS) is 15.6. The minimum absolute atomic E-state index is 0.0168. The van der Waals surface area contributed by atoms with Crippen LogP contribution in [0.25, 0.3) is 0 Å². The van der Waals surface area contributed by atoms with Crippen LogP contribution in [0, 0.1) is 0 Å². The van der Waals surface area contributed by atoms with E-state index in [2.05, 4.69) is 9.64 Å². The van der Waals surface area contributed by atoms with Gasteiger partial charge < -0.3 is 14.2 Å².